The lowest BCUT2D eigenvalue weighted by Gasteiger charge is -2.27. The highest BCUT2D eigenvalue weighted by Crippen LogP contribution is 2.29. The first-order valence-electron chi connectivity index (χ1n) is 7.16. The number of nitrogens with two attached hydrogens (primary N) is 1. The molecule has 0 aliphatic heterocycles. The molecule has 0 bridgehead atoms. The summed E-state index contributed by atoms with van der Waals surface area (Å²) in [5.41, 5.74) is 3.61. The molecule has 2 unspecified atom stereocenters. The number of anilines is 2. The Morgan fingerprint density at radius 1 is 1.21 bits per heavy atom. The number of aromatic nitrogens is 2. The number of aryl methyl sites for hydroxylation is 1. The molecule has 0 saturated heterocycles. The largest absolute Gasteiger partial charge is 0.369 e. The molecule has 2 rings (SSSR count). The standard InChI is InChI=1S/C14H25N5/c1-9-5-4-6-12(7-9)8-16-13-10(2)14(19-15)18-11(3)17-13/h9,12H,4-8,15H2,1-3H3,(H2,16,17,18,19). The van der Waals surface area contributed by atoms with Crippen molar-refractivity contribution in [1.29, 1.82) is 0 Å². The Labute approximate surface area is 115 Å². The van der Waals surface area contributed by atoms with E-state index >= 15 is 0 Å². The molecule has 1 saturated carbocycles. The molecule has 1 aromatic heterocycles. The molecule has 0 aromatic carbocycles. The summed E-state index contributed by atoms with van der Waals surface area (Å²) in [6, 6.07) is 0. The van der Waals surface area contributed by atoms with Crippen LogP contribution in [0.3, 0.4) is 0 Å². The molecule has 1 heterocycles. The second kappa shape index (κ2) is 6.19. The van der Waals surface area contributed by atoms with Gasteiger partial charge in [0.25, 0.3) is 0 Å². The number of rotatable bonds is 4. The van der Waals surface area contributed by atoms with Crippen molar-refractivity contribution in [2.45, 2.75) is 46.5 Å². The van der Waals surface area contributed by atoms with E-state index in [0.717, 1.165) is 35.6 Å². The van der Waals surface area contributed by atoms with Gasteiger partial charge in [-0.2, -0.15) is 0 Å². The predicted molar refractivity (Wildman–Crippen MR) is 78.9 cm³/mol. The third kappa shape index (κ3) is 3.56. The average Bonchev–Trinajstić information content (AvgIpc) is 2.39. The summed E-state index contributed by atoms with van der Waals surface area (Å²) >= 11 is 0. The fourth-order valence-electron chi connectivity index (χ4n) is 2.93. The second-order valence-corrected chi connectivity index (χ2v) is 5.76. The van der Waals surface area contributed by atoms with Crippen LogP contribution in [0.1, 0.15) is 44.0 Å². The normalized spacial score (nSPS) is 23.2. The van der Waals surface area contributed by atoms with Gasteiger partial charge in [-0.3, -0.25) is 0 Å². The van der Waals surface area contributed by atoms with Crippen LogP contribution < -0.4 is 16.6 Å². The average molecular weight is 263 g/mol. The molecule has 2 atom stereocenters. The first kappa shape index (κ1) is 14.1. The number of nitrogens with one attached hydrogen (secondary N) is 2. The van der Waals surface area contributed by atoms with E-state index in [1.54, 1.807) is 0 Å². The molecular formula is C14H25N5. The molecule has 1 aliphatic rings. The van der Waals surface area contributed by atoms with Crippen molar-refractivity contribution in [2.24, 2.45) is 17.7 Å². The third-order valence-corrected chi connectivity index (χ3v) is 4.00. The molecule has 0 spiro atoms. The van der Waals surface area contributed by atoms with Crippen molar-refractivity contribution in [3.05, 3.63) is 11.4 Å². The zero-order valence-electron chi connectivity index (χ0n) is 12.2. The molecule has 5 heteroatoms. The quantitative estimate of drug-likeness (QED) is 0.575. The van der Waals surface area contributed by atoms with Gasteiger partial charge >= 0.3 is 0 Å². The maximum Gasteiger partial charge on any atom is 0.148 e. The molecule has 19 heavy (non-hydrogen) atoms. The van der Waals surface area contributed by atoms with Crippen LogP contribution in [0.15, 0.2) is 0 Å². The zero-order valence-corrected chi connectivity index (χ0v) is 12.2. The van der Waals surface area contributed by atoms with Crippen LogP contribution >= 0.6 is 0 Å². The van der Waals surface area contributed by atoms with E-state index in [1.165, 1.54) is 25.7 Å². The summed E-state index contributed by atoms with van der Waals surface area (Å²) in [6.45, 7) is 7.21. The predicted octanol–water partition coefficient (Wildman–Crippen LogP) is 2.62. The van der Waals surface area contributed by atoms with Gasteiger partial charge in [-0.1, -0.05) is 19.8 Å². The van der Waals surface area contributed by atoms with Gasteiger partial charge in [0.2, 0.25) is 0 Å². The van der Waals surface area contributed by atoms with Crippen molar-refractivity contribution in [3.8, 4) is 0 Å². The van der Waals surface area contributed by atoms with Crippen LogP contribution in [0.2, 0.25) is 0 Å². The summed E-state index contributed by atoms with van der Waals surface area (Å²) in [6.07, 6.45) is 5.37. The Balaban J connectivity index is 2.01. The van der Waals surface area contributed by atoms with Gasteiger partial charge in [-0.05, 0) is 38.5 Å². The van der Waals surface area contributed by atoms with Gasteiger partial charge in [0, 0.05) is 12.1 Å². The van der Waals surface area contributed by atoms with E-state index < -0.39 is 0 Å². The lowest BCUT2D eigenvalue weighted by atomic mass is 9.82. The van der Waals surface area contributed by atoms with Gasteiger partial charge in [-0.25, -0.2) is 15.8 Å². The molecule has 0 radical (unpaired) electrons. The van der Waals surface area contributed by atoms with Crippen molar-refractivity contribution in [1.82, 2.24) is 9.97 Å². The number of hydrogen-bond acceptors (Lipinski definition) is 5. The highest BCUT2D eigenvalue weighted by Gasteiger charge is 2.19. The van der Waals surface area contributed by atoms with Crippen LogP contribution in [0.5, 0.6) is 0 Å². The summed E-state index contributed by atoms with van der Waals surface area (Å²) in [7, 11) is 0. The van der Waals surface area contributed by atoms with Gasteiger partial charge < -0.3 is 10.7 Å². The summed E-state index contributed by atoms with van der Waals surface area (Å²) in [4.78, 5) is 8.74. The fraction of sp³-hybridized carbons (Fsp3) is 0.714. The summed E-state index contributed by atoms with van der Waals surface area (Å²) in [5.74, 6) is 9.43. The van der Waals surface area contributed by atoms with Crippen molar-refractivity contribution < 1.29 is 0 Å². The molecule has 1 aromatic rings. The first-order chi connectivity index (χ1) is 9.10. The van der Waals surface area contributed by atoms with Crippen LogP contribution in [-0.2, 0) is 0 Å². The van der Waals surface area contributed by atoms with Crippen molar-refractivity contribution in [2.75, 3.05) is 17.3 Å². The monoisotopic (exact) mass is 263 g/mol. The van der Waals surface area contributed by atoms with Gasteiger partial charge in [0.15, 0.2) is 0 Å². The minimum atomic E-state index is 0.701. The second-order valence-electron chi connectivity index (χ2n) is 5.76. The van der Waals surface area contributed by atoms with Gasteiger partial charge in [0.05, 0.1) is 0 Å². The number of hydrazine groups is 1. The molecule has 4 N–H and O–H groups in total. The highest BCUT2D eigenvalue weighted by molar-refractivity contribution is 5.56. The summed E-state index contributed by atoms with van der Waals surface area (Å²) < 4.78 is 0. The highest BCUT2D eigenvalue weighted by atomic mass is 15.3. The van der Waals surface area contributed by atoms with Crippen LogP contribution in [0.25, 0.3) is 0 Å². The van der Waals surface area contributed by atoms with E-state index in [2.05, 4.69) is 27.6 Å². The number of nitrogens with zero attached hydrogens (tertiary/aromatic N) is 2. The van der Waals surface area contributed by atoms with E-state index in [0.29, 0.717) is 5.82 Å². The van der Waals surface area contributed by atoms with Crippen LogP contribution in [-0.4, -0.2) is 16.5 Å². The molecule has 0 amide bonds. The maximum absolute atomic E-state index is 5.48. The molecule has 5 nitrogen and oxygen atoms in total. The van der Waals surface area contributed by atoms with E-state index in [-0.39, 0.29) is 0 Å². The Morgan fingerprint density at radius 2 is 1.95 bits per heavy atom. The van der Waals surface area contributed by atoms with Gasteiger partial charge in [0.1, 0.15) is 17.5 Å². The Kier molecular flexibility index (Phi) is 4.58. The molecule has 1 fully saturated rings. The maximum atomic E-state index is 5.48. The molecular weight excluding hydrogens is 238 g/mol. The summed E-state index contributed by atoms with van der Waals surface area (Å²) in [5, 5.41) is 3.47. The van der Waals surface area contributed by atoms with Crippen molar-refractivity contribution in [3.63, 3.8) is 0 Å². The number of nitrogen functional groups attached to an aromatic ring is 1. The van der Waals surface area contributed by atoms with E-state index in [9.17, 15) is 0 Å². The van der Waals surface area contributed by atoms with E-state index in [4.69, 9.17) is 5.84 Å². The van der Waals surface area contributed by atoms with Gasteiger partial charge in [-0.15, -0.1) is 0 Å². The SMILES string of the molecule is Cc1nc(NN)c(C)c(NCC2CCCC(C)C2)n1. The topological polar surface area (TPSA) is 75.9 Å². The fourth-order valence-corrected chi connectivity index (χ4v) is 2.93. The first-order valence-corrected chi connectivity index (χ1v) is 7.16. The molecule has 106 valence electrons. The lowest BCUT2D eigenvalue weighted by molar-refractivity contribution is 0.293. The van der Waals surface area contributed by atoms with Crippen LogP contribution in [0.4, 0.5) is 11.6 Å². The molecule has 1 aliphatic carbocycles. The number of hydrogen-bond donors (Lipinski definition) is 3. The third-order valence-electron chi connectivity index (χ3n) is 4.00. The Morgan fingerprint density at radius 3 is 2.63 bits per heavy atom. The zero-order chi connectivity index (χ0) is 13.8. The van der Waals surface area contributed by atoms with Crippen LogP contribution in [0, 0.1) is 25.7 Å². The minimum absolute atomic E-state index is 0.701. The lowest BCUT2D eigenvalue weighted by Crippen LogP contribution is -2.22. The Bertz CT molecular complexity index is 432. The minimum Gasteiger partial charge on any atom is -0.369 e. The Hall–Kier alpha value is -1.36. The van der Waals surface area contributed by atoms with Crippen molar-refractivity contribution >= 4 is 11.6 Å². The van der Waals surface area contributed by atoms with E-state index in [1.807, 2.05) is 13.8 Å². The smallest absolute Gasteiger partial charge is 0.148 e.